The molecule has 0 amide bonds. The third-order valence-corrected chi connectivity index (χ3v) is 8.16. The minimum atomic E-state index is -1.29. The van der Waals surface area contributed by atoms with E-state index in [9.17, 15) is 0 Å². The quantitative estimate of drug-likeness (QED) is 0.142. The van der Waals surface area contributed by atoms with Crippen LogP contribution in [0.3, 0.4) is 0 Å². The van der Waals surface area contributed by atoms with E-state index in [1.807, 2.05) is 67.8 Å². The smallest absolute Gasteiger partial charge is 0.151 e. The minimum absolute atomic E-state index is 0. The van der Waals surface area contributed by atoms with Crippen molar-refractivity contribution in [2.24, 2.45) is 0 Å². The van der Waals surface area contributed by atoms with Crippen LogP contribution < -0.4 is 5.19 Å². The number of benzene rings is 3. The van der Waals surface area contributed by atoms with Gasteiger partial charge in [-0.25, -0.2) is 0 Å². The van der Waals surface area contributed by atoms with Crippen molar-refractivity contribution in [1.82, 2.24) is 9.97 Å². The third kappa shape index (κ3) is 6.14. The summed E-state index contributed by atoms with van der Waals surface area (Å²) in [6.45, 7) is 9.07. The molecule has 0 spiro atoms. The van der Waals surface area contributed by atoms with E-state index in [2.05, 4.69) is 78.1 Å². The van der Waals surface area contributed by atoms with Gasteiger partial charge in [-0.05, 0) is 29.9 Å². The Bertz CT molecular complexity index is 1600. The van der Waals surface area contributed by atoms with Gasteiger partial charge in [0.15, 0.2) is 5.58 Å². The summed E-state index contributed by atoms with van der Waals surface area (Å²) in [4.78, 5) is 8.87. The van der Waals surface area contributed by atoms with Crippen molar-refractivity contribution in [1.29, 1.82) is 0 Å². The normalized spacial score (nSPS) is 11.0. The molecule has 187 valence electrons. The Balaban J connectivity index is 0.000000195. The molecule has 3 aromatic carbocycles. The van der Waals surface area contributed by atoms with Crippen LogP contribution >= 0.6 is 0 Å². The zero-order chi connectivity index (χ0) is 25.1. The fourth-order valence-electron chi connectivity index (χ4n) is 4.01. The zero-order valence-corrected chi connectivity index (χ0v) is 24.8. The molecule has 6 rings (SSSR count). The van der Waals surface area contributed by atoms with Gasteiger partial charge in [0.1, 0.15) is 5.58 Å². The van der Waals surface area contributed by atoms with Crippen LogP contribution in [0.1, 0.15) is 5.56 Å². The Labute approximate surface area is 233 Å². The number of rotatable bonds is 3. The van der Waals surface area contributed by atoms with E-state index >= 15 is 0 Å². The van der Waals surface area contributed by atoms with Crippen LogP contribution in [0.4, 0.5) is 0 Å². The maximum atomic E-state index is 5.84. The van der Waals surface area contributed by atoms with Crippen LogP contribution in [0, 0.1) is 19.1 Å². The monoisotopic (exact) mass is 677 g/mol. The Morgan fingerprint density at radius 3 is 2.14 bits per heavy atom. The van der Waals surface area contributed by atoms with Crippen molar-refractivity contribution >= 4 is 35.2 Å². The van der Waals surface area contributed by atoms with E-state index in [-0.39, 0.29) is 20.1 Å². The van der Waals surface area contributed by atoms with Gasteiger partial charge in [0.2, 0.25) is 0 Å². The van der Waals surface area contributed by atoms with E-state index in [1.165, 1.54) is 10.8 Å². The van der Waals surface area contributed by atoms with Gasteiger partial charge in [0, 0.05) is 45.1 Å². The molecule has 0 saturated carbocycles. The molecule has 0 aliphatic rings. The van der Waals surface area contributed by atoms with Crippen molar-refractivity contribution in [3.8, 4) is 22.5 Å². The van der Waals surface area contributed by atoms with Gasteiger partial charge in [-0.3, -0.25) is 0 Å². The molecule has 37 heavy (non-hydrogen) atoms. The van der Waals surface area contributed by atoms with E-state index in [1.54, 1.807) is 0 Å². The van der Waals surface area contributed by atoms with Crippen LogP contribution in [0.25, 0.3) is 44.5 Å². The van der Waals surface area contributed by atoms with Gasteiger partial charge in [0.25, 0.3) is 0 Å². The molecule has 0 aliphatic heterocycles. The molecule has 3 aromatic heterocycles. The molecule has 0 bridgehead atoms. The first-order chi connectivity index (χ1) is 17.4. The standard InChI is InChI=1S/C20H18NOSi.C12H10N.Ir/c1-23(2,3)15-10-8-14(9-11-15)18-12-17-16-6-4-5-7-19(16)22-20(17)13-21-18;1-10-7-8-12(13-9-10)11-5-3-2-4-6-11;/h4-8,10-13H,1-3H3;2-5,7-9H,1H3;/q2*-1;. The number of hydrogen-bond donors (Lipinski definition) is 0. The van der Waals surface area contributed by atoms with E-state index in [4.69, 9.17) is 4.42 Å². The maximum Gasteiger partial charge on any atom is 0.151 e. The molecular weight excluding hydrogens is 649 g/mol. The van der Waals surface area contributed by atoms with Crippen LogP contribution in [0.15, 0.2) is 102 Å². The molecule has 5 heteroatoms. The van der Waals surface area contributed by atoms with Crippen LogP contribution in [-0.2, 0) is 20.1 Å². The second-order valence-electron chi connectivity index (χ2n) is 9.90. The topological polar surface area (TPSA) is 38.9 Å². The predicted octanol–water partition coefficient (Wildman–Crippen LogP) is 7.85. The number of furan rings is 1. The first kappa shape index (κ1) is 26.7. The summed E-state index contributed by atoms with van der Waals surface area (Å²) < 4.78 is 5.84. The molecule has 0 saturated heterocycles. The molecule has 0 aliphatic carbocycles. The third-order valence-electron chi connectivity index (χ3n) is 6.12. The molecule has 6 aromatic rings. The number of pyridine rings is 2. The Morgan fingerprint density at radius 1 is 0.703 bits per heavy atom. The Kier molecular flexibility index (Phi) is 8.18. The summed E-state index contributed by atoms with van der Waals surface area (Å²) in [7, 11) is -1.29. The predicted molar refractivity (Wildman–Crippen MR) is 152 cm³/mol. The van der Waals surface area contributed by atoms with E-state index < -0.39 is 8.07 Å². The molecule has 0 N–H and O–H groups in total. The number of para-hydroxylation sites is 1. The SMILES string of the molecule is C[Si](C)(C)c1c[c-]c(-c2cc3c(cn2)oc2ccccc23)cc1.Cc1ccc(-c2[c-]cccc2)nc1.[Ir]. The first-order valence-corrected chi connectivity index (χ1v) is 15.6. The van der Waals surface area contributed by atoms with Gasteiger partial charge < -0.3 is 14.4 Å². The summed E-state index contributed by atoms with van der Waals surface area (Å²) in [5, 5.41) is 3.65. The largest absolute Gasteiger partial charge is 0.455 e. The minimum Gasteiger partial charge on any atom is -0.455 e. The van der Waals surface area contributed by atoms with Crippen molar-refractivity contribution in [2.45, 2.75) is 26.6 Å². The van der Waals surface area contributed by atoms with Gasteiger partial charge in [-0.1, -0.05) is 56.0 Å². The number of nitrogens with zero attached hydrogens (tertiary/aromatic N) is 2. The summed E-state index contributed by atoms with van der Waals surface area (Å²) in [6.07, 6.45) is 3.68. The van der Waals surface area contributed by atoms with Crippen LogP contribution in [-0.4, -0.2) is 18.0 Å². The van der Waals surface area contributed by atoms with Gasteiger partial charge in [0.05, 0.1) is 6.20 Å². The van der Waals surface area contributed by atoms with Crippen molar-refractivity contribution in [2.75, 3.05) is 0 Å². The van der Waals surface area contributed by atoms with Crippen molar-refractivity contribution in [3.63, 3.8) is 0 Å². The van der Waals surface area contributed by atoms with E-state index in [0.717, 1.165) is 44.5 Å². The van der Waals surface area contributed by atoms with Gasteiger partial charge in [-0.15, -0.1) is 70.9 Å². The van der Waals surface area contributed by atoms with Crippen LogP contribution in [0.5, 0.6) is 0 Å². The molecular formula is C32H28IrN2OSi-2. The molecule has 3 heterocycles. The second-order valence-corrected chi connectivity index (χ2v) is 15.0. The first-order valence-electron chi connectivity index (χ1n) is 12.1. The summed E-state index contributed by atoms with van der Waals surface area (Å²) in [5.74, 6) is 0. The van der Waals surface area contributed by atoms with Crippen LogP contribution in [0.2, 0.25) is 19.6 Å². The average molecular weight is 677 g/mol. The molecule has 3 nitrogen and oxygen atoms in total. The molecule has 1 radical (unpaired) electrons. The number of hydrogen-bond acceptors (Lipinski definition) is 3. The maximum absolute atomic E-state index is 5.84. The fraction of sp³-hybridized carbons (Fsp3) is 0.125. The Hall–Kier alpha value is -3.37. The molecule has 0 unspecified atom stereocenters. The summed E-state index contributed by atoms with van der Waals surface area (Å²) >= 11 is 0. The average Bonchev–Trinajstić information content (AvgIpc) is 3.28. The van der Waals surface area contributed by atoms with E-state index in [0.29, 0.717) is 0 Å². The molecule has 0 atom stereocenters. The Morgan fingerprint density at radius 2 is 1.46 bits per heavy atom. The fourth-order valence-corrected chi connectivity index (χ4v) is 5.10. The second kappa shape index (κ2) is 11.3. The summed E-state index contributed by atoms with van der Waals surface area (Å²) in [5.41, 5.74) is 6.90. The zero-order valence-electron chi connectivity index (χ0n) is 21.4. The van der Waals surface area contributed by atoms with Gasteiger partial charge >= 0.3 is 0 Å². The number of fused-ring (bicyclic) bond motifs is 3. The molecule has 0 fully saturated rings. The number of aromatic nitrogens is 2. The number of aryl methyl sites for hydroxylation is 1. The van der Waals surface area contributed by atoms with Crippen molar-refractivity contribution < 1.29 is 24.5 Å². The van der Waals surface area contributed by atoms with Gasteiger partial charge in [-0.2, -0.15) is 0 Å². The summed E-state index contributed by atoms with van der Waals surface area (Å²) in [6, 6.07) is 35.2. The van der Waals surface area contributed by atoms with Crippen molar-refractivity contribution in [3.05, 3.63) is 115 Å².